The van der Waals surface area contributed by atoms with Gasteiger partial charge in [-0.1, -0.05) is 6.92 Å². The van der Waals surface area contributed by atoms with Crippen molar-refractivity contribution in [3.63, 3.8) is 0 Å². The van der Waals surface area contributed by atoms with Gasteiger partial charge in [-0.05, 0) is 13.0 Å². The van der Waals surface area contributed by atoms with E-state index in [1.54, 1.807) is 0 Å². The molecule has 2 fully saturated rings. The maximum Gasteiger partial charge on any atom is 0.231 e. The second-order valence-electron chi connectivity index (χ2n) is 5.73. The maximum atomic E-state index is 12.7. The number of hydrogen-bond acceptors (Lipinski definition) is 5. The number of carbonyl (C=O) groups excluding carboxylic acids is 2. The predicted molar refractivity (Wildman–Crippen MR) is 78.6 cm³/mol. The molecule has 0 bridgehead atoms. The van der Waals surface area contributed by atoms with Crippen LogP contribution in [0.15, 0.2) is 0 Å². The molecule has 7 nitrogen and oxygen atoms in total. The van der Waals surface area contributed by atoms with Crippen molar-refractivity contribution < 1.29 is 14.3 Å². The van der Waals surface area contributed by atoms with Gasteiger partial charge in [-0.3, -0.25) is 14.5 Å². The van der Waals surface area contributed by atoms with Gasteiger partial charge in [-0.2, -0.15) is 0 Å². The molecule has 0 aromatic rings. The monoisotopic (exact) mass is 298 g/mol. The molecule has 2 heterocycles. The van der Waals surface area contributed by atoms with Gasteiger partial charge in [0.25, 0.3) is 0 Å². The molecule has 0 radical (unpaired) electrons. The Hall–Kier alpha value is -1.18. The quantitative estimate of drug-likeness (QED) is 0.654. The molecule has 2 rings (SSSR count). The van der Waals surface area contributed by atoms with Crippen molar-refractivity contribution in [1.82, 2.24) is 15.1 Å². The molecular weight excluding hydrogens is 272 g/mol. The fourth-order valence-corrected chi connectivity index (χ4v) is 3.07. The minimum atomic E-state index is -0.314. The Morgan fingerprint density at radius 2 is 2.05 bits per heavy atom. The van der Waals surface area contributed by atoms with E-state index < -0.39 is 0 Å². The van der Waals surface area contributed by atoms with E-state index in [0.717, 1.165) is 26.1 Å². The molecule has 7 heteroatoms. The van der Waals surface area contributed by atoms with E-state index in [9.17, 15) is 9.59 Å². The zero-order chi connectivity index (χ0) is 15.2. The van der Waals surface area contributed by atoms with Crippen LogP contribution in [0.5, 0.6) is 0 Å². The van der Waals surface area contributed by atoms with Crippen LogP contribution in [0.2, 0.25) is 0 Å². The lowest BCUT2D eigenvalue weighted by Gasteiger charge is -2.26. The highest BCUT2D eigenvalue weighted by atomic mass is 16.5. The van der Waals surface area contributed by atoms with E-state index in [1.165, 1.54) is 0 Å². The van der Waals surface area contributed by atoms with Gasteiger partial charge in [-0.15, -0.1) is 0 Å². The number of amides is 2. The van der Waals surface area contributed by atoms with Crippen molar-refractivity contribution in [3.05, 3.63) is 0 Å². The Morgan fingerprint density at radius 1 is 1.24 bits per heavy atom. The Labute approximate surface area is 125 Å². The van der Waals surface area contributed by atoms with Crippen molar-refractivity contribution in [1.29, 1.82) is 0 Å². The Morgan fingerprint density at radius 3 is 2.76 bits per heavy atom. The molecule has 0 aromatic heterocycles. The topological polar surface area (TPSA) is 87.9 Å². The van der Waals surface area contributed by atoms with E-state index in [4.69, 9.17) is 10.5 Å². The van der Waals surface area contributed by atoms with E-state index in [0.29, 0.717) is 26.3 Å². The van der Waals surface area contributed by atoms with Crippen LogP contribution in [0, 0.1) is 5.92 Å². The van der Waals surface area contributed by atoms with Gasteiger partial charge in [0.1, 0.15) is 0 Å². The summed E-state index contributed by atoms with van der Waals surface area (Å²) < 4.78 is 5.46. The number of likely N-dealkylation sites (N-methyl/N-ethyl adjacent to an activating group) is 1. The summed E-state index contributed by atoms with van der Waals surface area (Å²) >= 11 is 0. The Bertz CT molecular complexity index is 377. The smallest absolute Gasteiger partial charge is 0.231 e. The summed E-state index contributed by atoms with van der Waals surface area (Å²) in [5, 5.41) is 3.32. The van der Waals surface area contributed by atoms with Crippen LogP contribution >= 0.6 is 0 Å². The Balaban J connectivity index is 1.89. The number of rotatable bonds is 5. The molecule has 2 saturated heterocycles. The van der Waals surface area contributed by atoms with Crippen LogP contribution in [0.3, 0.4) is 0 Å². The third-order valence-corrected chi connectivity index (χ3v) is 4.14. The van der Waals surface area contributed by atoms with Gasteiger partial charge in [0.05, 0.1) is 25.7 Å². The lowest BCUT2D eigenvalue weighted by Crippen LogP contribution is -2.47. The molecule has 120 valence electrons. The molecule has 3 N–H and O–H groups in total. The average molecular weight is 298 g/mol. The zero-order valence-corrected chi connectivity index (χ0v) is 12.7. The van der Waals surface area contributed by atoms with E-state index in [-0.39, 0.29) is 30.3 Å². The largest absolute Gasteiger partial charge is 0.379 e. The first-order valence-electron chi connectivity index (χ1n) is 7.72. The highest BCUT2D eigenvalue weighted by Crippen LogP contribution is 2.18. The lowest BCUT2D eigenvalue weighted by atomic mass is 10.0. The summed E-state index contributed by atoms with van der Waals surface area (Å²) in [5.41, 5.74) is 5.23. The normalized spacial score (nSPS) is 27.6. The van der Waals surface area contributed by atoms with Gasteiger partial charge in [0, 0.05) is 32.2 Å². The SMILES string of the molecule is CCNC1COCC1C(=O)N1CCCN(CC(N)=O)CC1. The number of carbonyl (C=O) groups is 2. The van der Waals surface area contributed by atoms with Gasteiger partial charge >= 0.3 is 0 Å². The number of ether oxygens (including phenoxy) is 1. The molecular formula is C14H26N4O3. The zero-order valence-electron chi connectivity index (χ0n) is 12.7. The number of primary amides is 1. The van der Waals surface area contributed by atoms with Crippen molar-refractivity contribution in [2.45, 2.75) is 19.4 Å². The highest BCUT2D eigenvalue weighted by Gasteiger charge is 2.36. The Kier molecular flexibility index (Phi) is 5.96. The fraction of sp³-hybridized carbons (Fsp3) is 0.857. The highest BCUT2D eigenvalue weighted by molar-refractivity contribution is 5.80. The second-order valence-corrected chi connectivity index (χ2v) is 5.73. The maximum absolute atomic E-state index is 12.7. The van der Waals surface area contributed by atoms with Gasteiger partial charge in [0.2, 0.25) is 11.8 Å². The summed E-state index contributed by atoms with van der Waals surface area (Å²) in [7, 11) is 0. The minimum absolute atomic E-state index is 0.0901. The number of hydrogen-bond donors (Lipinski definition) is 2. The van der Waals surface area contributed by atoms with E-state index in [1.807, 2.05) is 16.7 Å². The summed E-state index contributed by atoms with van der Waals surface area (Å²) in [6, 6.07) is 0.118. The average Bonchev–Trinajstić information content (AvgIpc) is 2.77. The van der Waals surface area contributed by atoms with Gasteiger partial charge in [-0.25, -0.2) is 0 Å². The predicted octanol–water partition coefficient (Wildman–Crippen LogP) is -1.37. The second kappa shape index (κ2) is 7.72. The van der Waals surface area contributed by atoms with Crippen LogP contribution in [-0.2, 0) is 14.3 Å². The third-order valence-electron chi connectivity index (χ3n) is 4.14. The summed E-state index contributed by atoms with van der Waals surface area (Å²) in [4.78, 5) is 27.6. The summed E-state index contributed by atoms with van der Waals surface area (Å²) in [6.45, 7) is 7.15. The van der Waals surface area contributed by atoms with Crippen LogP contribution in [-0.4, -0.2) is 80.1 Å². The van der Waals surface area contributed by atoms with Crippen LogP contribution in [0.4, 0.5) is 0 Å². The van der Waals surface area contributed by atoms with Crippen LogP contribution in [0.1, 0.15) is 13.3 Å². The van der Waals surface area contributed by atoms with Crippen LogP contribution < -0.4 is 11.1 Å². The van der Waals surface area contributed by atoms with Crippen molar-refractivity contribution in [2.24, 2.45) is 11.7 Å². The fourth-order valence-electron chi connectivity index (χ4n) is 3.07. The minimum Gasteiger partial charge on any atom is -0.379 e. The molecule has 2 aliphatic heterocycles. The first-order valence-corrected chi connectivity index (χ1v) is 7.72. The summed E-state index contributed by atoms with van der Waals surface area (Å²) in [5.74, 6) is -0.238. The molecule has 0 aliphatic carbocycles. The van der Waals surface area contributed by atoms with E-state index >= 15 is 0 Å². The van der Waals surface area contributed by atoms with E-state index in [2.05, 4.69) is 5.32 Å². The standard InChI is InChI=1S/C14H26N4O3/c1-2-16-12-10-21-9-11(12)14(20)18-5-3-4-17(6-7-18)8-13(15)19/h11-12,16H,2-10H2,1H3,(H2,15,19). The number of nitrogens with one attached hydrogen (secondary N) is 1. The molecule has 2 atom stereocenters. The van der Waals surface area contributed by atoms with Crippen molar-refractivity contribution in [2.75, 3.05) is 52.5 Å². The molecule has 0 saturated carbocycles. The molecule has 0 spiro atoms. The van der Waals surface area contributed by atoms with Crippen molar-refractivity contribution in [3.8, 4) is 0 Å². The number of nitrogens with two attached hydrogens (primary N) is 1. The van der Waals surface area contributed by atoms with Crippen molar-refractivity contribution >= 4 is 11.8 Å². The molecule has 2 amide bonds. The van der Waals surface area contributed by atoms with Gasteiger partial charge in [0.15, 0.2) is 0 Å². The van der Waals surface area contributed by atoms with Crippen LogP contribution in [0.25, 0.3) is 0 Å². The molecule has 0 aromatic carbocycles. The lowest BCUT2D eigenvalue weighted by molar-refractivity contribution is -0.135. The number of nitrogens with zero attached hydrogens (tertiary/aromatic N) is 2. The first-order chi connectivity index (χ1) is 10.1. The van der Waals surface area contributed by atoms with Gasteiger partial charge < -0.3 is 20.7 Å². The molecule has 2 unspecified atom stereocenters. The molecule has 2 aliphatic rings. The third kappa shape index (κ3) is 4.39. The molecule has 21 heavy (non-hydrogen) atoms. The summed E-state index contributed by atoms with van der Waals surface area (Å²) in [6.07, 6.45) is 0.873. The first kappa shape index (κ1) is 16.2.